The van der Waals surface area contributed by atoms with Crippen molar-refractivity contribution in [2.24, 2.45) is 5.92 Å². The van der Waals surface area contributed by atoms with Crippen LogP contribution in [0, 0.1) is 5.92 Å². The van der Waals surface area contributed by atoms with Gasteiger partial charge in [-0.25, -0.2) is 0 Å². The molecule has 0 atom stereocenters. The SMILES string of the molecule is COC(=O)Cc1ccc(C(=O)C(C)C)cc1. The van der Waals surface area contributed by atoms with E-state index >= 15 is 0 Å². The number of carbonyl (C=O) groups excluding carboxylic acids is 2. The molecule has 0 aromatic heterocycles. The third kappa shape index (κ3) is 3.19. The second kappa shape index (κ2) is 5.45. The summed E-state index contributed by atoms with van der Waals surface area (Å²) in [6, 6.07) is 7.07. The van der Waals surface area contributed by atoms with Crippen molar-refractivity contribution in [3.63, 3.8) is 0 Å². The van der Waals surface area contributed by atoms with E-state index in [9.17, 15) is 9.59 Å². The molecule has 0 N–H and O–H groups in total. The molecular weight excluding hydrogens is 204 g/mol. The zero-order valence-electron chi connectivity index (χ0n) is 9.82. The number of Topliss-reactive ketones (excluding diaryl/α,β-unsaturated/α-hetero) is 1. The van der Waals surface area contributed by atoms with Gasteiger partial charge in [0.2, 0.25) is 0 Å². The Labute approximate surface area is 95.4 Å². The van der Waals surface area contributed by atoms with Gasteiger partial charge >= 0.3 is 5.97 Å². The van der Waals surface area contributed by atoms with Crippen molar-refractivity contribution < 1.29 is 14.3 Å². The zero-order chi connectivity index (χ0) is 12.1. The summed E-state index contributed by atoms with van der Waals surface area (Å²) < 4.78 is 4.56. The number of hydrogen-bond acceptors (Lipinski definition) is 3. The van der Waals surface area contributed by atoms with E-state index in [4.69, 9.17) is 0 Å². The molecule has 3 heteroatoms. The molecule has 86 valence electrons. The highest BCUT2D eigenvalue weighted by Crippen LogP contribution is 2.10. The fraction of sp³-hybridized carbons (Fsp3) is 0.385. The molecule has 0 aliphatic rings. The fourth-order valence-corrected chi connectivity index (χ4v) is 1.36. The topological polar surface area (TPSA) is 43.4 Å². The second-order valence-corrected chi connectivity index (χ2v) is 3.97. The van der Waals surface area contributed by atoms with Crippen molar-refractivity contribution in [1.82, 2.24) is 0 Å². The first-order chi connectivity index (χ1) is 7.54. The molecule has 0 fully saturated rings. The second-order valence-electron chi connectivity index (χ2n) is 3.97. The summed E-state index contributed by atoms with van der Waals surface area (Å²) in [7, 11) is 1.36. The smallest absolute Gasteiger partial charge is 0.309 e. The van der Waals surface area contributed by atoms with Crippen LogP contribution in [0.25, 0.3) is 0 Å². The Kier molecular flexibility index (Phi) is 4.23. The number of esters is 1. The van der Waals surface area contributed by atoms with E-state index in [-0.39, 0.29) is 24.1 Å². The molecule has 0 saturated heterocycles. The average molecular weight is 220 g/mol. The molecule has 0 amide bonds. The maximum Gasteiger partial charge on any atom is 0.309 e. The summed E-state index contributed by atoms with van der Waals surface area (Å²) in [6.07, 6.45) is 0.243. The summed E-state index contributed by atoms with van der Waals surface area (Å²) in [5.74, 6) is -0.168. The average Bonchev–Trinajstić information content (AvgIpc) is 2.28. The van der Waals surface area contributed by atoms with E-state index in [0.717, 1.165) is 5.56 Å². The van der Waals surface area contributed by atoms with Crippen molar-refractivity contribution in [3.05, 3.63) is 35.4 Å². The summed E-state index contributed by atoms with van der Waals surface area (Å²) >= 11 is 0. The van der Waals surface area contributed by atoms with Gasteiger partial charge in [-0.2, -0.15) is 0 Å². The normalized spacial score (nSPS) is 10.2. The Hall–Kier alpha value is -1.64. The van der Waals surface area contributed by atoms with Crippen molar-refractivity contribution in [2.45, 2.75) is 20.3 Å². The molecule has 1 rings (SSSR count). The van der Waals surface area contributed by atoms with Crippen LogP contribution in [0.15, 0.2) is 24.3 Å². The molecule has 1 aromatic carbocycles. The van der Waals surface area contributed by atoms with Crippen molar-refractivity contribution in [2.75, 3.05) is 7.11 Å². The van der Waals surface area contributed by atoms with Gasteiger partial charge in [0.05, 0.1) is 13.5 Å². The summed E-state index contributed by atoms with van der Waals surface area (Å²) in [5.41, 5.74) is 1.54. The van der Waals surface area contributed by atoms with Crippen molar-refractivity contribution in [1.29, 1.82) is 0 Å². The van der Waals surface area contributed by atoms with Gasteiger partial charge in [-0.05, 0) is 5.56 Å². The Balaban J connectivity index is 2.75. The van der Waals surface area contributed by atoms with Gasteiger partial charge in [0, 0.05) is 11.5 Å². The van der Waals surface area contributed by atoms with Crippen LogP contribution in [-0.2, 0) is 16.0 Å². The van der Waals surface area contributed by atoms with Crippen LogP contribution in [0.1, 0.15) is 29.8 Å². The monoisotopic (exact) mass is 220 g/mol. The number of ketones is 1. The van der Waals surface area contributed by atoms with Gasteiger partial charge in [-0.15, -0.1) is 0 Å². The Morgan fingerprint density at radius 1 is 1.19 bits per heavy atom. The first-order valence-electron chi connectivity index (χ1n) is 5.24. The predicted molar refractivity (Wildman–Crippen MR) is 61.3 cm³/mol. The molecule has 0 radical (unpaired) electrons. The van der Waals surface area contributed by atoms with Crippen LogP contribution >= 0.6 is 0 Å². The molecule has 0 aliphatic heterocycles. The quantitative estimate of drug-likeness (QED) is 0.577. The minimum Gasteiger partial charge on any atom is -0.469 e. The van der Waals surface area contributed by atoms with Gasteiger partial charge in [0.1, 0.15) is 0 Å². The van der Waals surface area contributed by atoms with Crippen molar-refractivity contribution in [3.8, 4) is 0 Å². The molecule has 16 heavy (non-hydrogen) atoms. The van der Waals surface area contributed by atoms with E-state index in [1.54, 1.807) is 24.3 Å². The lowest BCUT2D eigenvalue weighted by molar-refractivity contribution is -0.139. The maximum absolute atomic E-state index is 11.6. The van der Waals surface area contributed by atoms with Crippen LogP contribution in [0.3, 0.4) is 0 Å². The van der Waals surface area contributed by atoms with Gasteiger partial charge in [-0.3, -0.25) is 9.59 Å². The molecule has 3 nitrogen and oxygen atoms in total. The molecule has 0 spiro atoms. The van der Waals surface area contributed by atoms with Gasteiger partial charge in [-0.1, -0.05) is 38.1 Å². The molecular formula is C13H16O3. The first kappa shape index (κ1) is 12.4. The number of benzene rings is 1. The van der Waals surface area contributed by atoms with Crippen LogP contribution in [0.2, 0.25) is 0 Å². The minimum atomic E-state index is -0.275. The van der Waals surface area contributed by atoms with E-state index in [1.807, 2.05) is 13.8 Å². The molecule has 0 heterocycles. The Morgan fingerprint density at radius 2 is 1.75 bits per heavy atom. The molecule has 1 aromatic rings. The third-order valence-electron chi connectivity index (χ3n) is 2.34. The third-order valence-corrected chi connectivity index (χ3v) is 2.34. The number of hydrogen-bond donors (Lipinski definition) is 0. The maximum atomic E-state index is 11.6. The van der Waals surface area contributed by atoms with E-state index in [2.05, 4.69) is 4.74 Å². The first-order valence-corrected chi connectivity index (χ1v) is 5.24. The van der Waals surface area contributed by atoms with E-state index in [1.165, 1.54) is 7.11 Å². The van der Waals surface area contributed by atoms with Gasteiger partial charge in [0.25, 0.3) is 0 Å². The lowest BCUT2D eigenvalue weighted by Crippen LogP contribution is -2.08. The van der Waals surface area contributed by atoms with Crippen molar-refractivity contribution >= 4 is 11.8 Å². The van der Waals surface area contributed by atoms with Crippen LogP contribution in [0.5, 0.6) is 0 Å². The zero-order valence-corrected chi connectivity index (χ0v) is 9.82. The Morgan fingerprint density at radius 3 is 2.19 bits per heavy atom. The highest BCUT2D eigenvalue weighted by atomic mass is 16.5. The molecule has 0 unspecified atom stereocenters. The minimum absolute atomic E-state index is 0.00791. The number of ether oxygens (including phenoxy) is 1. The van der Waals surface area contributed by atoms with Crippen LogP contribution in [0.4, 0.5) is 0 Å². The fourth-order valence-electron chi connectivity index (χ4n) is 1.36. The predicted octanol–water partition coefficient (Wildman–Crippen LogP) is 2.24. The number of rotatable bonds is 4. The standard InChI is InChI=1S/C13H16O3/c1-9(2)13(15)11-6-4-10(5-7-11)8-12(14)16-3/h4-7,9H,8H2,1-3H3. The van der Waals surface area contributed by atoms with Crippen LogP contribution < -0.4 is 0 Å². The largest absolute Gasteiger partial charge is 0.469 e. The summed E-state index contributed by atoms with van der Waals surface area (Å²) in [4.78, 5) is 22.7. The van der Waals surface area contributed by atoms with E-state index in [0.29, 0.717) is 5.56 Å². The summed E-state index contributed by atoms with van der Waals surface area (Å²) in [5, 5.41) is 0. The summed E-state index contributed by atoms with van der Waals surface area (Å²) in [6.45, 7) is 3.73. The Bertz CT molecular complexity index is 377. The number of methoxy groups -OCH3 is 1. The lowest BCUT2D eigenvalue weighted by Gasteiger charge is -2.05. The van der Waals surface area contributed by atoms with E-state index < -0.39 is 0 Å². The van der Waals surface area contributed by atoms with Gasteiger partial charge in [0.15, 0.2) is 5.78 Å². The number of carbonyl (C=O) groups is 2. The van der Waals surface area contributed by atoms with Gasteiger partial charge < -0.3 is 4.74 Å². The highest BCUT2D eigenvalue weighted by molar-refractivity contribution is 5.97. The molecule has 0 saturated carbocycles. The van der Waals surface area contributed by atoms with Crippen LogP contribution in [-0.4, -0.2) is 18.9 Å². The lowest BCUT2D eigenvalue weighted by atomic mass is 9.99. The highest BCUT2D eigenvalue weighted by Gasteiger charge is 2.10. The molecule has 0 bridgehead atoms. The molecule has 0 aliphatic carbocycles.